The lowest BCUT2D eigenvalue weighted by Crippen LogP contribution is -2.50. The first-order valence-corrected chi connectivity index (χ1v) is 11.2. The molecule has 3 aromatic rings. The van der Waals surface area contributed by atoms with Crippen molar-refractivity contribution in [3.8, 4) is 0 Å². The van der Waals surface area contributed by atoms with E-state index in [0.717, 1.165) is 59.1 Å². The number of pyridine rings is 2. The van der Waals surface area contributed by atoms with E-state index in [-0.39, 0.29) is 17.6 Å². The van der Waals surface area contributed by atoms with Crippen molar-refractivity contribution in [1.82, 2.24) is 9.97 Å². The monoisotopic (exact) mass is 445 g/mol. The Bertz CT molecular complexity index is 1080. The van der Waals surface area contributed by atoms with Gasteiger partial charge in [0.1, 0.15) is 11.6 Å². The molecule has 158 valence electrons. The van der Waals surface area contributed by atoms with Crippen LogP contribution in [0.5, 0.6) is 0 Å². The molecule has 0 saturated carbocycles. The molecule has 2 aliphatic heterocycles. The molecule has 0 aliphatic carbocycles. The van der Waals surface area contributed by atoms with Crippen molar-refractivity contribution in [2.45, 2.75) is 41.7 Å². The first-order valence-electron chi connectivity index (χ1n) is 10.0. The molecule has 0 amide bonds. The molecule has 2 fully saturated rings. The van der Waals surface area contributed by atoms with E-state index in [2.05, 4.69) is 16.8 Å². The molecule has 5 rings (SSSR count). The molecule has 2 unspecified atom stereocenters. The van der Waals surface area contributed by atoms with E-state index >= 15 is 0 Å². The van der Waals surface area contributed by atoms with Crippen LogP contribution < -0.4 is 16.4 Å². The van der Waals surface area contributed by atoms with Crippen LogP contribution in [0.4, 0.5) is 11.6 Å². The third-order valence-electron chi connectivity index (χ3n) is 6.44. The molecule has 7 nitrogen and oxygen atoms in total. The van der Waals surface area contributed by atoms with Crippen LogP contribution in [-0.4, -0.2) is 41.8 Å². The maximum absolute atomic E-state index is 6.46. The number of rotatable bonds is 3. The Kier molecular flexibility index (Phi) is 5.05. The predicted molar refractivity (Wildman–Crippen MR) is 119 cm³/mol. The van der Waals surface area contributed by atoms with E-state index in [9.17, 15) is 0 Å². The summed E-state index contributed by atoms with van der Waals surface area (Å²) in [6.45, 7) is 4.62. The van der Waals surface area contributed by atoms with Crippen LogP contribution in [0.25, 0.3) is 11.0 Å². The van der Waals surface area contributed by atoms with Crippen molar-refractivity contribution in [3.63, 3.8) is 0 Å². The molecule has 2 saturated heterocycles. The summed E-state index contributed by atoms with van der Waals surface area (Å²) in [6.07, 6.45) is 7.32. The molecule has 0 aromatic carbocycles. The van der Waals surface area contributed by atoms with E-state index in [4.69, 9.17) is 37.2 Å². The van der Waals surface area contributed by atoms with Crippen molar-refractivity contribution in [2.75, 3.05) is 30.3 Å². The summed E-state index contributed by atoms with van der Waals surface area (Å²) in [6, 6.07) is 3.91. The van der Waals surface area contributed by atoms with Crippen LogP contribution >= 0.6 is 23.4 Å². The van der Waals surface area contributed by atoms with Crippen molar-refractivity contribution in [2.24, 2.45) is 11.1 Å². The van der Waals surface area contributed by atoms with Gasteiger partial charge in [-0.25, -0.2) is 9.97 Å². The van der Waals surface area contributed by atoms with Gasteiger partial charge >= 0.3 is 0 Å². The second-order valence-corrected chi connectivity index (χ2v) is 9.57. The van der Waals surface area contributed by atoms with Gasteiger partial charge in [-0.05, 0) is 31.9 Å². The zero-order valence-corrected chi connectivity index (χ0v) is 18.2. The van der Waals surface area contributed by atoms with Crippen LogP contribution in [0.2, 0.25) is 5.02 Å². The average Bonchev–Trinajstić information content (AvgIpc) is 3.35. The number of hydrogen-bond acceptors (Lipinski definition) is 8. The number of hydrogen-bond donors (Lipinski definition) is 2. The van der Waals surface area contributed by atoms with Gasteiger partial charge in [0.05, 0.1) is 34.3 Å². The number of ether oxygens (including phenoxy) is 1. The summed E-state index contributed by atoms with van der Waals surface area (Å²) in [5, 5.41) is 1.44. The molecule has 3 aromatic heterocycles. The fourth-order valence-corrected chi connectivity index (χ4v) is 5.67. The Hall–Kier alpha value is -2.00. The molecular formula is C21H24ClN5O2S. The molecule has 1 spiro atoms. The predicted octanol–water partition coefficient (Wildman–Crippen LogP) is 3.94. The smallest absolute Gasteiger partial charge is 0.153 e. The second-order valence-electron chi connectivity index (χ2n) is 8.11. The Balaban J connectivity index is 1.40. The standard InChI is InChI=1S/C21H24ClN5O2S/c1-12-18(23)21(11-29-12)4-7-27(8-5-21)20-13-3-9-28-17(13)15(10-26-20)30-14-2-6-25-19(24)16(14)22/h2-3,6,9-10,12,18H,4-5,7-8,11,23H2,1H3,(H2,24,25). The van der Waals surface area contributed by atoms with E-state index in [0.29, 0.717) is 10.8 Å². The van der Waals surface area contributed by atoms with Gasteiger partial charge < -0.3 is 25.5 Å². The van der Waals surface area contributed by atoms with Crippen LogP contribution in [0.15, 0.2) is 45.0 Å². The maximum atomic E-state index is 6.46. The molecular weight excluding hydrogens is 422 g/mol. The minimum atomic E-state index is 0.0826. The molecule has 9 heteroatoms. The summed E-state index contributed by atoms with van der Waals surface area (Å²) in [4.78, 5) is 12.8. The van der Waals surface area contributed by atoms with E-state index < -0.39 is 0 Å². The van der Waals surface area contributed by atoms with E-state index in [1.165, 1.54) is 11.8 Å². The minimum absolute atomic E-state index is 0.0826. The van der Waals surface area contributed by atoms with E-state index in [1.54, 1.807) is 12.5 Å². The quantitative estimate of drug-likeness (QED) is 0.624. The fraction of sp³-hybridized carbons (Fsp3) is 0.429. The van der Waals surface area contributed by atoms with Crippen molar-refractivity contribution < 1.29 is 9.15 Å². The SMILES string of the molecule is CC1OCC2(CCN(c3ncc(Sc4ccnc(N)c4Cl)c4occc34)CC2)C1N. The van der Waals surface area contributed by atoms with Crippen molar-refractivity contribution in [3.05, 3.63) is 35.8 Å². The van der Waals surface area contributed by atoms with Crippen molar-refractivity contribution in [1.29, 1.82) is 0 Å². The highest BCUT2D eigenvalue weighted by molar-refractivity contribution is 7.99. The number of nitrogens with zero attached hydrogens (tertiary/aromatic N) is 3. The molecule has 5 heterocycles. The van der Waals surface area contributed by atoms with Crippen LogP contribution in [0.1, 0.15) is 19.8 Å². The summed E-state index contributed by atoms with van der Waals surface area (Å²) < 4.78 is 11.7. The summed E-state index contributed by atoms with van der Waals surface area (Å²) in [5.74, 6) is 1.26. The second kappa shape index (κ2) is 7.60. The molecule has 30 heavy (non-hydrogen) atoms. The Morgan fingerprint density at radius 2 is 2.03 bits per heavy atom. The number of piperidine rings is 1. The number of nitrogen functional groups attached to an aromatic ring is 1. The van der Waals surface area contributed by atoms with Gasteiger partial charge in [-0.2, -0.15) is 0 Å². The lowest BCUT2D eigenvalue weighted by atomic mass is 9.73. The molecule has 2 atom stereocenters. The van der Waals surface area contributed by atoms with Crippen LogP contribution in [-0.2, 0) is 4.74 Å². The number of fused-ring (bicyclic) bond motifs is 1. The largest absolute Gasteiger partial charge is 0.463 e. The zero-order valence-electron chi connectivity index (χ0n) is 16.7. The third kappa shape index (κ3) is 3.22. The minimum Gasteiger partial charge on any atom is -0.463 e. The number of aromatic nitrogens is 2. The number of halogens is 1. The summed E-state index contributed by atoms with van der Waals surface area (Å²) in [7, 11) is 0. The first kappa shape index (κ1) is 19.9. The highest BCUT2D eigenvalue weighted by Crippen LogP contribution is 2.44. The molecule has 0 radical (unpaired) electrons. The lowest BCUT2D eigenvalue weighted by molar-refractivity contribution is 0.0974. The van der Waals surface area contributed by atoms with Gasteiger partial charge in [0.2, 0.25) is 0 Å². The van der Waals surface area contributed by atoms with E-state index in [1.807, 2.05) is 18.3 Å². The highest BCUT2D eigenvalue weighted by atomic mass is 35.5. The van der Waals surface area contributed by atoms with Crippen LogP contribution in [0, 0.1) is 5.41 Å². The Morgan fingerprint density at radius 3 is 2.77 bits per heavy atom. The summed E-state index contributed by atoms with van der Waals surface area (Å²) >= 11 is 7.79. The van der Waals surface area contributed by atoms with Crippen LogP contribution in [0.3, 0.4) is 0 Å². The summed E-state index contributed by atoms with van der Waals surface area (Å²) in [5.41, 5.74) is 13.2. The van der Waals surface area contributed by atoms with Gasteiger partial charge in [-0.3, -0.25) is 0 Å². The first-order chi connectivity index (χ1) is 14.5. The number of anilines is 2. The van der Waals surface area contributed by atoms with Crippen molar-refractivity contribution >= 4 is 46.0 Å². The van der Waals surface area contributed by atoms with Gasteiger partial charge in [0, 0.05) is 41.8 Å². The van der Waals surface area contributed by atoms with Gasteiger partial charge in [0.25, 0.3) is 0 Å². The normalized spacial score (nSPS) is 23.5. The molecule has 2 aliphatic rings. The van der Waals surface area contributed by atoms with Gasteiger partial charge in [0.15, 0.2) is 5.58 Å². The lowest BCUT2D eigenvalue weighted by Gasteiger charge is -2.41. The third-order valence-corrected chi connectivity index (χ3v) is 8.02. The number of nitrogens with two attached hydrogens (primary N) is 2. The molecule has 0 bridgehead atoms. The Labute approximate surface area is 184 Å². The average molecular weight is 446 g/mol. The van der Waals surface area contributed by atoms with Gasteiger partial charge in [-0.1, -0.05) is 23.4 Å². The highest BCUT2D eigenvalue weighted by Gasteiger charge is 2.47. The molecule has 4 N–H and O–H groups in total. The topological polar surface area (TPSA) is 103 Å². The maximum Gasteiger partial charge on any atom is 0.153 e. The number of furan rings is 1. The van der Waals surface area contributed by atoms with Gasteiger partial charge in [-0.15, -0.1) is 0 Å². The zero-order chi connectivity index (χ0) is 20.9. The fourth-order valence-electron chi connectivity index (χ4n) is 4.52. The Morgan fingerprint density at radius 1 is 1.23 bits per heavy atom.